The fraction of sp³-hybridized carbons (Fsp3) is 0.700. The van der Waals surface area contributed by atoms with E-state index in [1.807, 2.05) is 32.6 Å². The van der Waals surface area contributed by atoms with Gasteiger partial charge < -0.3 is 19.3 Å². The molecule has 1 amide bonds. The second-order valence-corrected chi connectivity index (χ2v) is 8.13. The lowest BCUT2D eigenvalue weighted by atomic mass is 9.94. The number of carbonyl (C=O) groups is 1. The van der Waals surface area contributed by atoms with Gasteiger partial charge in [0.1, 0.15) is 11.4 Å². The molecule has 0 bridgehead atoms. The number of ether oxygens (including phenoxy) is 2. The molecular weight excluding hydrogens is 330 g/mol. The number of hydrogen-bond acceptors (Lipinski definition) is 5. The van der Waals surface area contributed by atoms with E-state index in [-0.39, 0.29) is 12.1 Å². The molecule has 0 radical (unpaired) electrons. The lowest BCUT2D eigenvalue weighted by Crippen LogP contribution is -2.42. The number of amides is 1. The van der Waals surface area contributed by atoms with Gasteiger partial charge in [-0.25, -0.2) is 9.78 Å². The normalized spacial score (nSPS) is 21.6. The highest BCUT2D eigenvalue weighted by Crippen LogP contribution is 2.34. The minimum absolute atomic E-state index is 0.0461. The van der Waals surface area contributed by atoms with Crippen molar-refractivity contribution in [1.82, 2.24) is 9.88 Å². The minimum Gasteiger partial charge on any atom is -0.444 e. The zero-order valence-electron chi connectivity index (χ0n) is 16.5. The molecule has 26 heavy (non-hydrogen) atoms. The zero-order valence-corrected chi connectivity index (χ0v) is 16.5. The molecule has 1 aromatic heterocycles. The van der Waals surface area contributed by atoms with Gasteiger partial charge >= 0.3 is 6.09 Å². The molecule has 0 unspecified atom stereocenters. The fourth-order valence-corrected chi connectivity index (χ4v) is 3.67. The molecule has 3 rings (SSSR count). The van der Waals surface area contributed by atoms with Crippen LogP contribution in [0.1, 0.15) is 57.3 Å². The summed E-state index contributed by atoms with van der Waals surface area (Å²) in [5.41, 5.74) is 1.65. The third-order valence-corrected chi connectivity index (χ3v) is 4.94. The summed E-state index contributed by atoms with van der Waals surface area (Å²) in [6, 6.07) is 4.26. The lowest BCUT2D eigenvalue weighted by molar-refractivity contribution is 0.00941. The molecule has 2 fully saturated rings. The summed E-state index contributed by atoms with van der Waals surface area (Å²) in [7, 11) is 0. The number of likely N-dealkylation sites (tertiary alicyclic amines) is 1. The molecule has 2 saturated heterocycles. The second kappa shape index (κ2) is 7.82. The highest BCUT2D eigenvalue weighted by molar-refractivity contribution is 5.69. The van der Waals surface area contributed by atoms with E-state index in [0.717, 1.165) is 69.2 Å². The SMILES string of the molecule is Cc1nc(N2CCOCC2)ccc1[C@@H]1CCCCN1C(=O)OC(C)(C)C. The third kappa shape index (κ3) is 4.47. The molecule has 0 N–H and O–H groups in total. The van der Waals surface area contributed by atoms with Crippen molar-refractivity contribution in [1.29, 1.82) is 0 Å². The molecule has 0 spiro atoms. The van der Waals surface area contributed by atoms with Crippen molar-refractivity contribution < 1.29 is 14.3 Å². The summed E-state index contributed by atoms with van der Waals surface area (Å²) < 4.78 is 11.1. The average Bonchev–Trinajstić information content (AvgIpc) is 2.61. The zero-order chi connectivity index (χ0) is 18.7. The first-order valence-corrected chi connectivity index (χ1v) is 9.65. The first-order valence-electron chi connectivity index (χ1n) is 9.65. The van der Waals surface area contributed by atoms with Gasteiger partial charge in [0.2, 0.25) is 0 Å². The maximum absolute atomic E-state index is 12.7. The standard InChI is InChI=1S/C20H31N3O3/c1-15-16(8-9-18(21-15)22-11-13-25-14-12-22)17-7-5-6-10-23(17)19(24)26-20(2,3)4/h8-9,17H,5-7,10-14H2,1-4H3/t17-/m0/s1. The minimum atomic E-state index is -0.480. The van der Waals surface area contributed by atoms with Crippen LogP contribution >= 0.6 is 0 Å². The maximum atomic E-state index is 12.7. The summed E-state index contributed by atoms with van der Waals surface area (Å²) >= 11 is 0. The molecule has 6 nitrogen and oxygen atoms in total. The van der Waals surface area contributed by atoms with Crippen molar-refractivity contribution >= 4 is 11.9 Å². The number of pyridine rings is 1. The second-order valence-electron chi connectivity index (χ2n) is 8.13. The molecule has 2 aliphatic rings. The summed E-state index contributed by atoms with van der Waals surface area (Å²) in [6.45, 7) is 11.8. The van der Waals surface area contributed by atoms with Crippen LogP contribution in [0.3, 0.4) is 0 Å². The molecule has 0 saturated carbocycles. The highest BCUT2D eigenvalue weighted by atomic mass is 16.6. The van der Waals surface area contributed by atoms with Crippen LogP contribution in [0.5, 0.6) is 0 Å². The number of rotatable bonds is 2. The Morgan fingerprint density at radius 1 is 1.19 bits per heavy atom. The van der Waals surface area contributed by atoms with Gasteiger partial charge in [-0.15, -0.1) is 0 Å². The summed E-state index contributed by atoms with van der Waals surface area (Å²) in [5.74, 6) is 0.995. The van der Waals surface area contributed by atoms with Crippen LogP contribution < -0.4 is 4.90 Å². The molecule has 6 heteroatoms. The van der Waals surface area contributed by atoms with Gasteiger partial charge in [-0.1, -0.05) is 6.07 Å². The number of nitrogens with zero attached hydrogens (tertiary/aromatic N) is 3. The van der Waals surface area contributed by atoms with Crippen molar-refractivity contribution in [3.8, 4) is 0 Å². The molecule has 0 aliphatic carbocycles. The van der Waals surface area contributed by atoms with Gasteiger partial charge in [0, 0.05) is 25.3 Å². The highest BCUT2D eigenvalue weighted by Gasteiger charge is 2.32. The number of piperidine rings is 1. The predicted molar refractivity (Wildman–Crippen MR) is 102 cm³/mol. The van der Waals surface area contributed by atoms with E-state index < -0.39 is 5.60 Å². The van der Waals surface area contributed by atoms with Gasteiger partial charge in [0.25, 0.3) is 0 Å². The Hall–Kier alpha value is -1.82. The number of morpholine rings is 1. The monoisotopic (exact) mass is 361 g/mol. The molecular formula is C20H31N3O3. The fourth-order valence-electron chi connectivity index (χ4n) is 3.67. The van der Waals surface area contributed by atoms with E-state index in [2.05, 4.69) is 17.0 Å². The predicted octanol–water partition coefficient (Wildman–Crippen LogP) is 3.69. The largest absolute Gasteiger partial charge is 0.444 e. The number of carbonyl (C=O) groups excluding carboxylic acids is 1. The number of aryl methyl sites for hydroxylation is 1. The smallest absolute Gasteiger partial charge is 0.410 e. The van der Waals surface area contributed by atoms with Crippen LogP contribution in [0, 0.1) is 6.92 Å². The van der Waals surface area contributed by atoms with Gasteiger partial charge in [0.15, 0.2) is 0 Å². The van der Waals surface area contributed by atoms with Crippen molar-refractivity contribution in [3.63, 3.8) is 0 Å². The lowest BCUT2D eigenvalue weighted by Gasteiger charge is -2.37. The molecule has 0 aromatic carbocycles. The first kappa shape index (κ1) is 19.0. The molecule has 144 valence electrons. The van der Waals surface area contributed by atoms with E-state index in [9.17, 15) is 4.79 Å². The van der Waals surface area contributed by atoms with Crippen molar-refractivity contribution in [2.24, 2.45) is 0 Å². The van der Waals surface area contributed by atoms with Gasteiger partial charge in [-0.05, 0) is 58.6 Å². The number of anilines is 1. The molecule has 1 atom stereocenters. The quantitative estimate of drug-likeness (QED) is 0.804. The molecule has 1 aromatic rings. The van der Waals surface area contributed by atoms with Crippen LogP contribution in [0.25, 0.3) is 0 Å². The Labute approximate surface area is 156 Å². The van der Waals surface area contributed by atoms with E-state index in [0.29, 0.717) is 0 Å². The van der Waals surface area contributed by atoms with E-state index in [4.69, 9.17) is 14.5 Å². The van der Waals surface area contributed by atoms with E-state index in [1.54, 1.807) is 0 Å². The molecule has 3 heterocycles. The van der Waals surface area contributed by atoms with Crippen molar-refractivity contribution in [2.75, 3.05) is 37.7 Å². The first-order chi connectivity index (χ1) is 12.3. The summed E-state index contributed by atoms with van der Waals surface area (Å²) in [6.07, 6.45) is 2.88. The van der Waals surface area contributed by atoms with Crippen LogP contribution in [-0.2, 0) is 9.47 Å². The van der Waals surface area contributed by atoms with Gasteiger partial charge in [-0.2, -0.15) is 0 Å². The Morgan fingerprint density at radius 3 is 2.58 bits per heavy atom. The van der Waals surface area contributed by atoms with Crippen LogP contribution in [0.2, 0.25) is 0 Å². The molecule has 2 aliphatic heterocycles. The Morgan fingerprint density at radius 2 is 1.92 bits per heavy atom. The average molecular weight is 361 g/mol. The van der Waals surface area contributed by atoms with Crippen LogP contribution in [-0.4, -0.2) is 54.4 Å². The van der Waals surface area contributed by atoms with Crippen molar-refractivity contribution in [2.45, 2.75) is 58.6 Å². The maximum Gasteiger partial charge on any atom is 0.410 e. The topological polar surface area (TPSA) is 54.9 Å². The Kier molecular flexibility index (Phi) is 5.70. The van der Waals surface area contributed by atoms with E-state index in [1.165, 1.54) is 0 Å². The Bertz CT molecular complexity index is 636. The van der Waals surface area contributed by atoms with Crippen LogP contribution in [0.15, 0.2) is 12.1 Å². The summed E-state index contributed by atoms with van der Waals surface area (Å²) in [4.78, 5) is 21.7. The van der Waals surface area contributed by atoms with E-state index >= 15 is 0 Å². The Balaban J connectivity index is 1.79. The van der Waals surface area contributed by atoms with Crippen molar-refractivity contribution in [3.05, 3.63) is 23.4 Å². The summed E-state index contributed by atoms with van der Waals surface area (Å²) in [5, 5.41) is 0. The van der Waals surface area contributed by atoms with Gasteiger partial charge in [0.05, 0.1) is 19.3 Å². The van der Waals surface area contributed by atoms with Gasteiger partial charge in [-0.3, -0.25) is 0 Å². The van der Waals surface area contributed by atoms with Crippen LogP contribution in [0.4, 0.5) is 10.6 Å². The number of aromatic nitrogens is 1. The number of hydrogen-bond donors (Lipinski definition) is 0. The third-order valence-electron chi connectivity index (χ3n) is 4.94.